The van der Waals surface area contributed by atoms with Crippen molar-refractivity contribution in [2.45, 2.75) is 19.5 Å². The minimum absolute atomic E-state index is 0.229. The second-order valence-electron chi connectivity index (χ2n) is 3.02. The predicted molar refractivity (Wildman–Crippen MR) is 48.9 cm³/mol. The van der Waals surface area contributed by atoms with Gasteiger partial charge in [-0.3, -0.25) is 4.68 Å². The molecule has 0 bridgehead atoms. The van der Waals surface area contributed by atoms with Gasteiger partial charge in [0.2, 0.25) is 0 Å². The number of hydrogen-bond donors (Lipinski definition) is 1. The zero-order valence-corrected chi connectivity index (χ0v) is 7.78. The van der Waals surface area contributed by atoms with Gasteiger partial charge in [0.05, 0.1) is 12.6 Å². The van der Waals surface area contributed by atoms with E-state index in [1.807, 2.05) is 6.92 Å². The summed E-state index contributed by atoms with van der Waals surface area (Å²) in [7, 11) is 0. The highest BCUT2D eigenvalue weighted by molar-refractivity contribution is 4.78. The van der Waals surface area contributed by atoms with Crippen molar-refractivity contribution in [2.24, 2.45) is 0 Å². The molecular formula is C7H11N7. The Balaban J connectivity index is 1.88. The maximum atomic E-state index is 4.01. The molecule has 74 valence electrons. The third-order valence-corrected chi connectivity index (χ3v) is 1.72. The zero-order chi connectivity index (χ0) is 9.80. The molecule has 0 aliphatic carbocycles. The number of rotatable bonds is 4. The highest BCUT2D eigenvalue weighted by Crippen LogP contribution is 1.90. The van der Waals surface area contributed by atoms with Gasteiger partial charge in [0.25, 0.3) is 0 Å². The van der Waals surface area contributed by atoms with E-state index in [2.05, 4.69) is 25.7 Å². The number of nitrogens with zero attached hydrogens (tertiary/aromatic N) is 6. The Morgan fingerprint density at radius 1 is 1.29 bits per heavy atom. The fourth-order valence-corrected chi connectivity index (χ4v) is 1.17. The van der Waals surface area contributed by atoms with Crippen LogP contribution in [-0.2, 0) is 6.54 Å². The Hall–Kier alpha value is -1.92. The summed E-state index contributed by atoms with van der Waals surface area (Å²) >= 11 is 0. The molecule has 0 unspecified atom stereocenters. The fourth-order valence-electron chi connectivity index (χ4n) is 1.17. The van der Waals surface area contributed by atoms with Crippen molar-refractivity contribution in [1.82, 2.24) is 29.6 Å². The minimum Gasteiger partial charge on any atom is -0.319 e. The lowest BCUT2D eigenvalue weighted by atomic mass is 10.4. The molecule has 2 aromatic rings. The third kappa shape index (κ3) is 2.06. The van der Waals surface area contributed by atoms with Gasteiger partial charge < -0.3 is 5.43 Å². The van der Waals surface area contributed by atoms with Crippen molar-refractivity contribution in [3.05, 3.63) is 25.3 Å². The van der Waals surface area contributed by atoms with Crippen molar-refractivity contribution >= 4 is 0 Å². The number of aromatic nitrogens is 6. The second-order valence-corrected chi connectivity index (χ2v) is 3.02. The van der Waals surface area contributed by atoms with Crippen LogP contribution < -0.4 is 5.43 Å². The average molecular weight is 193 g/mol. The van der Waals surface area contributed by atoms with Crippen LogP contribution in [0.5, 0.6) is 0 Å². The molecule has 2 aromatic heterocycles. The normalized spacial score (nSPS) is 12.6. The summed E-state index contributed by atoms with van der Waals surface area (Å²) in [5.41, 5.74) is 3.16. The number of nitrogens with one attached hydrogen (secondary N) is 1. The van der Waals surface area contributed by atoms with E-state index in [4.69, 9.17) is 0 Å². The maximum absolute atomic E-state index is 4.01. The van der Waals surface area contributed by atoms with E-state index in [1.165, 1.54) is 6.33 Å². The Morgan fingerprint density at radius 3 is 2.71 bits per heavy atom. The Bertz CT molecular complexity index is 315. The molecule has 1 N–H and O–H groups in total. The van der Waals surface area contributed by atoms with E-state index in [1.54, 1.807) is 28.3 Å². The van der Waals surface area contributed by atoms with Crippen LogP contribution in [0.3, 0.4) is 0 Å². The first-order valence-electron chi connectivity index (χ1n) is 4.28. The smallest absolute Gasteiger partial charge is 0.138 e. The van der Waals surface area contributed by atoms with Gasteiger partial charge in [-0.2, -0.15) is 5.10 Å². The summed E-state index contributed by atoms with van der Waals surface area (Å²) in [6.07, 6.45) is 6.42. The van der Waals surface area contributed by atoms with Crippen molar-refractivity contribution in [3.8, 4) is 0 Å². The molecule has 0 spiro atoms. The van der Waals surface area contributed by atoms with Crippen LogP contribution >= 0.6 is 0 Å². The Labute approximate surface area is 80.8 Å². The summed E-state index contributed by atoms with van der Waals surface area (Å²) in [5.74, 6) is 0. The standard InChI is InChI=1S/C7H11N7/c1-7(2-13-4-8-3-11-13)12-14-5-9-10-6-14/h3-7,12H,2H2,1H3/t7-/m1/s1. The van der Waals surface area contributed by atoms with Crippen molar-refractivity contribution in [3.63, 3.8) is 0 Å². The maximum Gasteiger partial charge on any atom is 0.138 e. The van der Waals surface area contributed by atoms with Crippen molar-refractivity contribution in [2.75, 3.05) is 5.43 Å². The molecule has 2 rings (SSSR count). The molecule has 0 fully saturated rings. The van der Waals surface area contributed by atoms with E-state index in [0.717, 1.165) is 6.54 Å². The van der Waals surface area contributed by atoms with Crippen LogP contribution in [0.1, 0.15) is 6.92 Å². The monoisotopic (exact) mass is 193 g/mol. The average Bonchev–Trinajstić information content (AvgIpc) is 2.76. The summed E-state index contributed by atoms with van der Waals surface area (Å²) in [4.78, 5) is 3.86. The van der Waals surface area contributed by atoms with Crippen LogP contribution in [0.25, 0.3) is 0 Å². The largest absolute Gasteiger partial charge is 0.319 e. The molecule has 7 heteroatoms. The van der Waals surface area contributed by atoms with Crippen molar-refractivity contribution < 1.29 is 0 Å². The Morgan fingerprint density at radius 2 is 2.07 bits per heavy atom. The van der Waals surface area contributed by atoms with Crippen LogP contribution in [-0.4, -0.2) is 35.7 Å². The third-order valence-electron chi connectivity index (χ3n) is 1.72. The highest BCUT2D eigenvalue weighted by atomic mass is 15.5. The summed E-state index contributed by atoms with van der Waals surface area (Å²) in [6, 6.07) is 0.229. The predicted octanol–water partition coefficient (Wildman–Crippen LogP) is -0.498. The Kier molecular flexibility index (Phi) is 2.39. The van der Waals surface area contributed by atoms with E-state index in [0.29, 0.717) is 0 Å². The fraction of sp³-hybridized carbons (Fsp3) is 0.429. The molecule has 0 saturated heterocycles. The van der Waals surface area contributed by atoms with E-state index in [9.17, 15) is 0 Å². The van der Waals surface area contributed by atoms with Gasteiger partial charge in [-0.05, 0) is 6.92 Å². The lowest BCUT2D eigenvalue weighted by Gasteiger charge is -2.14. The molecule has 0 saturated carbocycles. The molecule has 0 aliphatic rings. The SMILES string of the molecule is C[C@H](Cn1cncn1)Nn1cnnc1. The van der Waals surface area contributed by atoms with Crippen molar-refractivity contribution in [1.29, 1.82) is 0 Å². The van der Waals surface area contributed by atoms with Gasteiger partial charge >= 0.3 is 0 Å². The van der Waals surface area contributed by atoms with Crippen LogP contribution in [0.2, 0.25) is 0 Å². The van der Waals surface area contributed by atoms with Gasteiger partial charge in [0.15, 0.2) is 0 Å². The first-order chi connectivity index (χ1) is 6.84. The quantitative estimate of drug-likeness (QED) is 0.708. The molecule has 0 amide bonds. The van der Waals surface area contributed by atoms with Gasteiger partial charge in [-0.15, -0.1) is 10.2 Å². The van der Waals surface area contributed by atoms with Crippen LogP contribution in [0.4, 0.5) is 0 Å². The van der Waals surface area contributed by atoms with E-state index in [-0.39, 0.29) is 6.04 Å². The van der Waals surface area contributed by atoms with Gasteiger partial charge in [0.1, 0.15) is 25.3 Å². The summed E-state index contributed by atoms with van der Waals surface area (Å²) < 4.78 is 3.48. The lowest BCUT2D eigenvalue weighted by Crippen LogP contribution is -2.28. The minimum atomic E-state index is 0.229. The first-order valence-corrected chi connectivity index (χ1v) is 4.28. The molecular weight excluding hydrogens is 182 g/mol. The molecule has 7 nitrogen and oxygen atoms in total. The topological polar surface area (TPSA) is 73.5 Å². The number of hydrogen-bond acceptors (Lipinski definition) is 5. The van der Waals surface area contributed by atoms with Gasteiger partial charge in [0, 0.05) is 0 Å². The lowest BCUT2D eigenvalue weighted by molar-refractivity contribution is 0.527. The molecule has 0 aromatic carbocycles. The van der Waals surface area contributed by atoms with Crippen LogP contribution in [0.15, 0.2) is 25.3 Å². The molecule has 14 heavy (non-hydrogen) atoms. The van der Waals surface area contributed by atoms with Crippen LogP contribution in [0, 0.1) is 0 Å². The van der Waals surface area contributed by atoms with Gasteiger partial charge in [-0.1, -0.05) is 0 Å². The molecule has 0 radical (unpaired) electrons. The molecule has 2 heterocycles. The van der Waals surface area contributed by atoms with E-state index < -0.39 is 0 Å². The summed E-state index contributed by atoms with van der Waals surface area (Å²) in [6.45, 7) is 2.79. The zero-order valence-electron chi connectivity index (χ0n) is 7.78. The van der Waals surface area contributed by atoms with E-state index >= 15 is 0 Å². The highest BCUT2D eigenvalue weighted by Gasteiger charge is 2.02. The molecule has 0 aliphatic heterocycles. The van der Waals surface area contributed by atoms with Gasteiger partial charge in [-0.25, -0.2) is 9.66 Å². The first kappa shape index (κ1) is 8.67. The molecule has 1 atom stereocenters. The second kappa shape index (κ2) is 3.86. The summed E-state index contributed by atoms with van der Waals surface area (Å²) in [5, 5.41) is 11.4.